The maximum atomic E-state index is 11.7. The van der Waals surface area contributed by atoms with Crippen LogP contribution in [0.15, 0.2) is 23.0 Å². The van der Waals surface area contributed by atoms with Gasteiger partial charge in [0.2, 0.25) is 0 Å². The standard InChI is InChI=1S/C14H19N3O/c1-17-13-11(9-10-5-7-15-8-6-10)3-2-4-12(13)16-14(17)18/h2-4,10,15H,5-9H2,1H3,(H,16,18). The fourth-order valence-electron chi connectivity index (χ4n) is 2.95. The SMILES string of the molecule is Cn1c(=O)[nH]c2cccc(CC3CCNCC3)c21. The van der Waals surface area contributed by atoms with Crippen molar-refractivity contribution >= 4 is 11.0 Å². The van der Waals surface area contributed by atoms with Gasteiger partial charge in [-0.1, -0.05) is 12.1 Å². The van der Waals surface area contributed by atoms with Crippen LogP contribution in [0.5, 0.6) is 0 Å². The van der Waals surface area contributed by atoms with Gasteiger partial charge in [-0.2, -0.15) is 0 Å². The van der Waals surface area contributed by atoms with Gasteiger partial charge >= 0.3 is 5.69 Å². The Morgan fingerprint density at radius 2 is 2.11 bits per heavy atom. The molecular formula is C14H19N3O. The molecule has 0 atom stereocenters. The third-order valence-electron chi connectivity index (χ3n) is 3.97. The van der Waals surface area contributed by atoms with Crippen molar-refractivity contribution in [3.63, 3.8) is 0 Å². The lowest BCUT2D eigenvalue weighted by molar-refractivity contribution is 0.373. The maximum absolute atomic E-state index is 11.7. The summed E-state index contributed by atoms with van der Waals surface area (Å²) in [6, 6.07) is 6.16. The van der Waals surface area contributed by atoms with Crippen molar-refractivity contribution in [1.82, 2.24) is 14.9 Å². The van der Waals surface area contributed by atoms with Gasteiger partial charge in [0, 0.05) is 7.05 Å². The van der Waals surface area contributed by atoms with Gasteiger partial charge in [-0.15, -0.1) is 0 Å². The summed E-state index contributed by atoms with van der Waals surface area (Å²) in [6.07, 6.45) is 3.54. The van der Waals surface area contributed by atoms with Crippen LogP contribution in [0.1, 0.15) is 18.4 Å². The number of piperidine rings is 1. The zero-order chi connectivity index (χ0) is 12.5. The average Bonchev–Trinajstić information content (AvgIpc) is 2.67. The highest BCUT2D eigenvalue weighted by Gasteiger charge is 2.16. The molecule has 0 saturated carbocycles. The molecular weight excluding hydrogens is 226 g/mol. The number of hydrogen-bond donors (Lipinski definition) is 2. The number of rotatable bonds is 2. The van der Waals surface area contributed by atoms with Gasteiger partial charge in [0.25, 0.3) is 0 Å². The van der Waals surface area contributed by atoms with Crippen molar-refractivity contribution in [2.75, 3.05) is 13.1 Å². The second-order valence-corrected chi connectivity index (χ2v) is 5.20. The molecule has 0 amide bonds. The molecule has 1 aromatic carbocycles. The van der Waals surface area contributed by atoms with E-state index in [9.17, 15) is 4.79 Å². The third-order valence-corrected chi connectivity index (χ3v) is 3.97. The summed E-state index contributed by atoms with van der Waals surface area (Å²) in [5.74, 6) is 0.738. The zero-order valence-electron chi connectivity index (χ0n) is 10.7. The van der Waals surface area contributed by atoms with Gasteiger partial charge in [0.15, 0.2) is 0 Å². The quantitative estimate of drug-likeness (QED) is 0.840. The first-order chi connectivity index (χ1) is 8.75. The summed E-state index contributed by atoms with van der Waals surface area (Å²) in [6.45, 7) is 2.24. The number of aryl methyl sites for hydroxylation is 1. The summed E-state index contributed by atoms with van der Waals surface area (Å²) in [7, 11) is 1.84. The number of aromatic amines is 1. The number of aromatic nitrogens is 2. The molecule has 1 aliphatic heterocycles. The number of para-hydroxylation sites is 1. The monoisotopic (exact) mass is 245 g/mol. The van der Waals surface area contributed by atoms with E-state index < -0.39 is 0 Å². The van der Waals surface area contributed by atoms with Crippen molar-refractivity contribution in [1.29, 1.82) is 0 Å². The predicted octanol–water partition coefficient (Wildman–Crippen LogP) is 1.41. The Morgan fingerprint density at radius 1 is 1.33 bits per heavy atom. The van der Waals surface area contributed by atoms with Crippen LogP contribution in [-0.4, -0.2) is 22.6 Å². The summed E-state index contributed by atoms with van der Waals surface area (Å²) >= 11 is 0. The molecule has 4 nitrogen and oxygen atoms in total. The summed E-state index contributed by atoms with van der Waals surface area (Å²) in [4.78, 5) is 14.6. The van der Waals surface area contributed by atoms with Crippen molar-refractivity contribution in [2.45, 2.75) is 19.3 Å². The van der Waals surface area contributed by atoms with Crippen LogP contribution in [0, 0.1) is 5.92 Å². The summed E-state index contributed by atoms with van der Waals surface area (Å²) < 4.78 is 1.73. The molecule has 1 aliphatic rings. The van der Waals surface area contributed by atoms with Crippen molar-refractivity contribution in [3.8, 4) is 0 Å². The first-order valence-electron chi connectivity index (χ1n) is 6.63. The van der Waals surface area contributed by atoms with Gasteiger partial charge in [-0.3, -0.25) is 4.57 Å². The number of H-pyrrole nitrogens is 1. The molecule has 0 radical (unpaired) electrons. The number of nitrogens with zero attached hydrogens (tertiary/aromatic N) is 1. The molecule has 0 unspecified atom stereocenters. The van der Waals surface area contributed by atoms with Crippen molar-refractivity contribution in [2.24, 2.45) is 13.0 Å². The lowest BCUT2D eigenvalue weighted by Crippen LogP contribution is -2.28. The largest absolute Gasteiger partial charge is 0.326 e. The Labute approximate surface area is 106 Å². The first kappa shape index (κ1) is 11.5. The van der Waals surface area contributed by atoms with E-state index in [1.165, 1.54) is 18.4 Å². The lowest BCUT2D eigenvalue weighted by Gasteiger charge is -2.22. The number of hydrogen-bond acceptors (Lipinski definition) is 2. The average molecular weight is 245 g/mol. The Bertz CT molecular complexity index is 605. The molecule has 1 aromatic heterocycles. The Hall–Kier alpha value is -1.55. The fraction of sp³-hybridized carbons (Fsp3) is 0.500. The van der Waals surface area contributed by atoms with Crippen LogP contribution < -0.4 is 11.0 Å². The molecule has 3 rings (SSSR count). The number of nitrogens with one attached hydrogen (secondary N) is 2. The summed E-state index contributed by atoms with van der Waals surface area (Å²) in [5.41, 5.74) is 3.29. The highest BCUT2D eigenvalue weighted by molar-refractivity contribution is 5.78. The molecule has 18 heavy (non-hydrogen) atoms. The molecule has 1 fully saturated rings. The number of fused-ring (bicyclic) bond motifs is 1. The van der Waals surface area contributed by atoms with Crippen LogP contribution in [0.2, 0.25) is 0 Å². The van der Waals surface area contributed by atoms with E-state index >= 15 is 0 Å². The van der Waals surface area contributed by atoms with Gasteiger partial charge in [0.05, 0.1) is 11.0 Å². The lowest BCUT2D eigenvalue weighted by atomic mass is 9.90. The van der Waals surface area contributed by atoms with E-state index in [4.69, 9.17) is 0 Å². The van der Waals surface area contributed by atoms with E-state index in [1.807, 2.05) is 19.2 Å². The van der Waals surface area contributed by atoms with Gasteiger partial charge < -0.3 is 10.3 Å². The van der Waals surface area contributed by atoms with E-state index in [0.717, 1.165) is 36.5 Å². The molecule has 0 bridgehead atoms. The van der Waals surface area contributed by atoms with E-state index in [0.29, 0.717) is 0 Å². The molecule has 2 heterocycles. The molecule has 1 saturated heterocycles. The molecule has 96 valence electrons. The zero-order valence-corrected chi connectivity index (χ0v) is 10.7. The van der Waals surface area contributed by atoms with E-state index in [2.05, 4.69) is 16.4 Å². The van der Waals surface area contributed by atoms with Gasteiger partial charge in [-0.05, 0) is 49.9 Å². The highest BCUT2D eigenvalue weighted by Crippen LogP contribution is 2.22. The van der Waals surface area contributed by atoms with Crippen LogP contribution in [-0.2, 0) is 13.5 Å². The molecule has 0 spiro atoms. The normalized spacial score (nSPS) is 17.4. The maximum Gasteiger partial charge on any atom is 0.326 e. The van der Waals surface area contributed by atoms with Crippen molar-refractivity contribution in [3.05, 3.63) is 34.2 Å². The van der Waals surface area contributed by atoms with Crippen LogP contribution >= 0.6 is 0 Å². The Balaban J connectivity index is 1.98. The summed E-state index contributed by atoms with van der Waals surface area (Å²) in [5, 5.41) is 3.39. The second kappa shape index (κ2) is 4.61. The number of benzene rings is 1. The third kappa shape index (κ3) is 1.97. The van der Waals surface area contributed by atoms with Crippen LogP contribution in [0.25, 0.3) is 11.0 Å². The van der Waals surface area contributed by atoms with Crippen LogP contribution in [0.4, 0.5) is 0 Å². The topological polar surface area (TPSA) is 49.8 Å². The molecule has 4 heteroatoms. The Morgan fingerprint density at radius 3 is 2.89 bits per heavy atom. The van der Waals surface area contributed by atoms with Gasteiger partial charge in [0.1, 0.15) is 0 Å². The first-order valence-corrected chi connectivity index (χ1v) is 6.63. The second-order valence-electron chi connectivity index (χ2n) is 5.20. The van der Waals surface area contributed by atoms with Crippen LogP contribution in [0.3, 0.4) is 0 Å². The molecule has 0 aliphatic carbocycles. The fourth-order valence-corrected chi connectivity index (χ4v) is 2.95. The highest BCUT2D eigenvalue weighted by atomic mass is 16.1. The minimum absolute atomic E-state index is 0.0252. The van der Waals surface area contributed by atoms with E-state index in [1.54, 1.807) is 4.57 Å². The van der Waals surface area contributed by atoms with E-state index in [-0.39, 0.29) is 5.69 Å². The van der Waals surface area contributed by atoms with Gasteiger partial charge in [-0.25, -0.2) is 4.79 Å². The molecule has 2 N–H and O–H groups in total. The smallest absolute Gasteiger partial charge is 0.317 e. The number of imidazole rings is 1. The minimum Gasteiger partial charge on any atom is -0.317 e. The Kier molecular flexibility index (Phi) is 2.96. The minimum atomic E-state index is -0.0252. The predicted molar refractivity (Wildman–Crippen MR) is 72.8 cm³/mol. The van der Waals surface area contributed by atoms with Crippen molar-refractivity contribution < 1.29 is 0 Å². The molecule has 2 aromatic rings.